The molecule has 0 aromatic heterocycles. The van der Waals surface area contributed by atoms with E-state index in [4.69, 9.17) is 4.74 Å². The molecule has 1 aromatic carbocycles. The molecule has 0 bridgehead atoms. The first-order valence-electron chi connectivity index (χ1n) is 6.72. The van der Waals surface area contributed by atoms with E-state index < -0.39 is 5.41 Å². The Hall–Kier alpha value is -1.46. The maximum atomic E-state index is 13.2. The molecule has 2 N–H and O–H groups in total. The molecule has 0 saturated carbocycles. The Balaban J connectivity index is 2.45. The van der Waals surface area contributed by atoms with Crippen LogP contribution in [0.1, 0.15) is 19.4 Å². The van der Waals surface area contributed by atoms with Crippen LogP contribution in [0.25, 0.3) is 0 Å². The van der Waals surface area contributed by atoms with Crippen LogP contribution in [0.15, 0.2) is 24.3 Å². The lowest BCUT2D eigenvalue weighted by Crippen LogP contribution is -2.43. The molecule has 4 nitrogen and oxygen atoms in total. The zero-order valence-electron chi connectivity index (χ0n) is 12.3. The molecular formula is C15H23FN2O2. The molecule has 1 rings (SSSR count). The van der Waals surface area contributed by atoms with Crippen molar-refractivity contribution in [2.75, 3.05) is 33.4 Å². The SMILES string of the molecule is COCCNCCNC(=O)C(C)(C)c1cccc(F)c1. The highest BCUT2D eigenvalue weighted by atomic mass is 19.1. The van der Waals surface area contributed by atoms with Gasteiger partial charge in [0.1, 0.15) is 5.82 Å². The van der Waals surface area contributed by atoms with E-state index in [1.807, 2.05) is 0 Å². The zero-order chi connectivity index (χ0) is 15.0. The first-order valence-corrected chi connectivity index (χ1v) is 6.72. The highest BCUT2D eigenvalue weighted by molar-refractivity contribution is 5.87. The van der Waals surface area contributed by atoms with Gasteiger partial charge >= 0.3 is 0 Å². The van der Waals surface area contributed by atoms with Crippen LogP contribution in [0, 0.1) is 5.82 Å². The minimum Gasteiger partial charge on any atom is -0.383 e. The maximum Gasteiger partial charge on any atom is 0.230 e. The van der Waals surface area contributed by atoms with Gasteiger partial charge in [-0.15, -0.1) is 0 Å². The van der Waals surface area contributed by atoms with Gasteiger partial charge in [0.2, 0.25) is 5.91 Å². The van der Waals surface area contributed by atoms with Crippen molar-refractivity contribution >= 4 is 5.91 Å². The molecule has 0 saturated heterocycles. The number of halogens is 1. The molecule has 0 spiro atoms. The third-order valence-corrected chi connectivity index (χ3v) is 3.18. The van der Waals surface area contributed by atoms with Crippen molar-refractivity contribution in [3.05, 3.63) is 35.6 Å². The molecule has 0 aliphatic rings. The topological polar surface area (TPSA) is 50.4 Å². The Bertz CT molecular complexity index is 436. The maximum absolute atomic E-state index is 13.2. The standard InChI is InChI=1S/C15H23FN2O2/c1-15(2,12-5-4-6-13(16)11-12)14(19)18-8-7-17-9-10-20-3/h4-6,11,17H,7-10H2,1-3H3,(H,18,19). The second kappa shape index (κ2) is 7.97. The van der Waals surface area contributed by atoms with Crippen LogP contribution < -0.4 is 10.6 Å². The minimum absolute atomic E-state index is 0.114. The summed E-state index contributed by atoms with van der Waals surface area (Å²) in [4.78, 5) is 12.2. The minimum atomic E-state index is -0.755. The lowest BCUT2D eigenvalue weighted by atomic mass is 9.83. The number of rotatable bonds is 8. The highest BCUT2D eigenvalue weighted by Crippen LogP contribution is 2.23. The number of nitrogens with one attached hydrogen (secondary N) is 2. The van der Waals surface area contributed by atoms with Gasteiger partial charge in [-0.2, -0.15) is 0 Å². The van der Waals surface area contributed by atoms with Crippen LogP contribution in [-0.4, -0.2) is 39.3 Å². The second-order valence-electron chi connectivity index (χ2n) is 5.13. The average molecular weight is 282 g/mol. The van der Waals surface area contributed by atoms with Gasteiger partial charge < -0.3 is 15.4 Å². The quantitative estimate of drug-likeness (QED) is 0.710. The van der Waals surface area contributed by atoms with Gasteiger partial charge in [-0.25, -0.2) is 4.39 Å². The number of carbonyl (C=O) groups excluding carboxylic acids is 1. The van der Waals surface area contributed by atoms with Gasteiger partial charge in [-0.05, 0) is 31.5 Å². The van der Waals surface area contributed by atoms with Crippen LogP contribution in [0.5, 0.6) is 0 Å². The van der Waals surface area contributed by atoms with Crippen molar-refractivity contribution in [3.8, 4) is 0 Å². The number of hydrogen-bond acceptors (Lipinski definition) is 3. The number of benzene rings is 1. The Labute approximate surface area is 119 Å². The Morgan fingerprint density at radius 3 is 2.70 bits per heavy atom. The molecule has 0 aliphatic carbocycles. The summed E-state index contributed by atoms with van der Waals surface area (Å²) in [6.45, 7) is 6.17. The van der Waals surface area contributed by atoms with Crippen LogP contribution >= 0.6 is 0 Å². The van der Waals surface area contributed by atoms with Gasteiger partial charge in [0, 0.05) is 26.7 Å². The predicted molar refractivity (Wildman–Crippen MR) is 77.2 cm³/mol. The summed E-state index contributed by atoms with van der Waals surface area (Å²) in [5.74, 6) is -0.443. The van der Waals surface area contributed by atoms with Gasteiger partial charge in [0.25, 0.3) is 0 Å². The fraction of sp³-hybridized carbons (Fsp3) is 0.533. The van der Waals surface area contributed by atoms with Gasteiger partial charge in [0.15, 0.2) is 0 Å². The summed E-state index contributed by atoms with van der Waals surface area (Å²) < 4.78 is 18.1. The van der Waals surface area contributed by atoms with Crippen molar-refractivity contribution in [2.24, 2.45) is 0 Å². The van der Waals surface area contributed by atoms with Crippen LogP contribution in [-0.2, 0) is 14.9 Å². The Morgan fingerprint density at radius 1 is 1.30 bits per heavy atom. The predicted octanol–water partition coefficient (Wildman–Crippen LogP) is 1.46. The molecule has 0 unspecified atom stereocenters. The van der Waals surface area contributed by atoms with E-state index in [1.165, 1.54) is 12.1 Å². The van der Waals surface area contributed by atoms with Gasteiger partial charge in [0.05, 0.1) is 12.0 Å². The van der Waals surface area contributed by atoms with Crippen LogP contribution in [0.2, 0.25) is 0 Å². The van der Waals surface area contributed by atoms with Crippen LogP contribution in [0.4, 0.5) is 4.39 Å². The lowest BCUT2D eigenvalue weighted by Gasteiger charge is -2.24. The van der Waals surface area contributed by atoms with E-state index in [9.17, 15) is 9.18 Å². The molecular weight excluding hydrogens is 259 g/mol. The zero-order valence-corrected chi connectivity index (χ0v) is 12.3. The first kappa shape index (κ1) is 16.6. The Morgan fingerprint density at radius 2 is 2.05 bits per heavy atom. The smallest absolute Gasteiger partial charge is 0.230 e. The fourth-order valence-electron chi connectivity index (χ4n) is 1.79. The van der Waals surface area contributed by atoms with Crippen molar-refractivity contribution in [1.82, 2.24) is 10.6 Å². The first-order chi connectivity index (χ1) is 9.48. The van der Waals surface area contributed by atoms with Crippen molar-refractivity contribution in [1.29, 1.82) is 0 Å². The molecule has 20 heavy (non-hydrogen) atoms. The largest absolute Gasteiger partial charge is 0.383 e. The van der Waals surface area contributed by atoms with Crippen molar-refractivity contribution in [3.63, 3.8) is 0 Å². The third-order valence-electron chi connectivity index (χ3n) is 3.18. The summed E-state index contributed by atoms with van der Waals surface area (Å²) in [5, 5.41) is 6.00. The number of ether oxygens (including phenoxy) is 1. The average Bonchev–Trinajstić information content (AvgIpc) is 2.42. The Kier molecular flexibility index (Phi) is 6.61. The molecule has 1 aromatic rings. The molecule has 0 aliphatic heterocycles. The fourth-order valence-corrected chi connectivity index (χ4v) is 1.79. The lowest BCUT2D eigenvalue weighted by molar-refractivity contribution is -0.125. The normalized spacial score (nSPS) is 11.4. The number of carbonyl (C=O) groups is 1. The van der Waals surface area contributed by atoms with Crippen molar-refractivity contribution in [2.45, 2.75) is 19.3 Å². The molecule has 0 atom stereocenters. The summed E-state index contributed by atoms with van der Waals surface area (Å²) in [7, 11) is 1.64. The monoisotopic (exact) mass is 282 g/mol. The second-order valence-corrected chi connectivity index (χ2v) is 5.13. The van der Waals surface area contributed by atoms with E-state index in [2.05, 4.69) is 10.6 Å². The number of methoxy groups -OCH3 is 1. The van der Waals surface area contributed by atoms with E-state index >= 15 is 0 Å². The van der Waals surface area contributed by atoms with E-state index in [1.54, 1.807) is 33.1 Å². The van der Waals surface area contributed by atoms with E-state index in [-0.39, 0.29) is 11.7 Å². The van der Waals surface area contributed by atoms with Gasteiger partial charge in [-0.1, -0.05) is 12.1 Å². The van der Waals surface area contributed by atoms with Crippen LogP contribution in [0.3, 0.4) is 0 Å². The third kappa shape index (κ3) is 4.90. The molecule has 0 heterocycles. The molecule has 5 heteroatoms. The number of amides is 1. The summed E-state index contributed by atoms with van der Waals surface area (Å²) in [5.41, 5.74) is -0.0865. The summed E-state index contributed by atoms with van der Waals surface area (Å²) >= 11 is 0. The molecule has 112 valence electrons. The molecule has 0 radical (unpaired) electrons. The highest BCUT2D eigenvalue weighted by Gasteiger charge is 2.29. The number of hydrogen-bond donors (Lipinski definition) is 2. The van der Waals surface area contributed by atoms with E-state index in [0.717, 1.165) is 6.54 Å². The summed E-state index contributed by atoms with van der Waals surface area (Å²) in [6, 6.07) is 6.15. The van der Waals surface area contributed by atoms with Gasteiger partial charge in [-0.3, -0.25) is 4.79 Å². The van der Waals surface area contributed by atoms with E-state index in [0.29, 0.717) is 25.3 Å². The van der Waals surface area contributed by atoms with Crippen molar-refractivity contribution < 1.29 is 13.9 Å². The molecule has 0 fully saturated rings. The molecule has 1 amide bonds. The summed E-state index contributed by atoms with van der Waals surface area (Å²) in [6.07, 6.45) is 0.